The van der Waals surface area contributed by atoms with Gasteiger partial charge in [0, 0.05) is 19.3 Å². The molecule has 0 aliphatic heterocycles. The van der Waals surface area contributed by atoms with Crippen LogP contribution in [0.4, 0.5) is 0 Å². The molecule has 13 heavy (non-hydrogen) atoms. The van der Waals surface area contributed by atoms with Crippen LogP contribution >= 0.6 is 0 Å². The van der Waals surface area contributed by atoms with Gasteiger partial charge in [-0.3, -0.25) is 4.79 Å². The fourth-order valence-corrected chi connectivity index (χ4v) is 1.13. The van der Waals surface area contributed by atoms with Crippen LogP contribution in [0.2, 0.25) is 0 Å². The number of rotatable bonds is 6. The Labute approximate surface area is 77.6 Å². The number of hydrogen-bond donors (Lipinski definition) is 3. The molecule has 0 aliphatic carbocycles. The maximum Gasteiger partial charge on any atom is 0.235 e. The predicted molar refractivity (Wildman–Crippen MR) is 49.8 cm³/mol. The summed E-state index contributed by atoms with van der Waals surface area (Å²) in [7, 11) is -2.96. The number of sulfone groups is 1. The van der Waals surface area contributed by atoms with Gasteiger partial charge in [0.05, 0.1) is 11.8 Å². The summed E-state index contributed by atoms with van der Waals surface area (Å²) in [4.78, 5) is 10.4. The molecule has 0 saturated carbocycles. The topological polar surface area (TPSA) is 115 Å². The lowest BCUT2D eigenvalue weighted by atomic mass is 10.3. The largest absolute Gasteiger partial charge is 0.368 e. The summed E-state index contributed by atoms with van der Waals surface area (Å²) < 4.78 is 21.3. The molecule has 0 aromatic carbocycles. The van der Waals surface area contributed by atoms with Crippen molar-refractivity contribution < 1.29 is 13.2 Å². The fraction of sp³-hybridized carbons (Fsp3) is 0.833. The standard InChI is InChI=1S/C6H15N3O3S/c1-13(11,12)3-2-9-4-5(7)6(8)10/h5,9H,2-4,7H2,1H3,(H2,8,10). The van der Waals surface area contributed by atoms with Crippen molar-refractivity contribution in [2.24, 2.45) is 11.5 Å². The predicted octanol–water partition coefficient (Wildman–Crippen LogP) is -2.57. The number of nitrogens with two attached hydrogens (primary N) is 2. The van der Waals surface area contributed by atoms with Gasteiger partial charge < -0.3 is 16.8 Å². The molecule has 78 valence electrons. The molecule has 0 fully saturated rings. The summed E-state index contributed by atoms with van der Waals surface area (Å²) in [6.07, 6.45) is 1.14. The van der Waals surface area contributed by atoms with Crippen LogP contribution in [0, 0.1) is 0 Å². The highest BCUT2D eigenvalue weighted by Gasteiger charge is 2.08. The maximum absolute atomic E-state index is 10.6. The Morgan fingerprint density at radius 2 is 2.08 bits per heavy atom. The average molecular weight is 209 g/mol. The van der Waals surface area contributed by atoms with E-state index in [1.807, 2.05) is 0 Å². The molecule has 6 nitrogen and oxygen atoms in total. The molecule has 7 heteroatoms. The zero-order valence-electron chi connectivity index (χ0n) is 7.49. The number of amides is 1. The first-order valence-electron chi connectivity index (χ1n) is 3.76. The van der Waals surface area contributed by atoms with Gasteiger partial charge in [0.1, 0.15) is 9.84 Å². The molecule has 1 unspecified atom stereocenters. The first kappa shape index (κ1) is 12.3. The van der Waals surface area contributed by atoms with Crippen LogP contribution in [0.1, 0.15) is 0 Å². The monoisotopic (exact) mass is 209 g/mol. The Morgan fingerprint density at radius 3 is 2.46 bits per heavy atom. The van der Waals surface area contributed by atoms with Gasteiger partial charge in [0.25, 0.3) is 0 Å². The number of carbonyl (C=O) groups excluding carboxylic acids is 1. The summed E-state index contributed by atoms with van der Waals surface area (Å²) in [5.41, 5.74) is 10.2. The summed E-state index contributed by atoms with van der Waals surface area (Å²) in [6.45, 7) is 0.477. The molecule has 0 aromatic heterocycles. The molecule has 1 atom stereocenters. The zero-order valence-corrected chi connectivity index (χ0v) is 8.30. The minimum Gasteiger partial charge on any atom is -0.368 e. The lowest BCUT2D eigenvalue weighted by Crippen LogP contribution is -2.45. The normalized spacial score (nSPS) is 14.0. The molecule has 0 radical (unpaired) electrons. The van der Waals surface area contributed by atoms with E-state index in [0.29, 0.717) is 0 Å². The van der Waals surface area contributed by atoms with E-state index in [-0.39, 0.29) is 18.8 Å². The Morgan fingerprint density at radius 1 is 1.54 bits per heavy atom. The Balaban J connectivity index is 3.53. The lowest BCUT2D eigenvalue weighted by molar-refractivity contribution is -0.119. The average Bonchev–Trinajstić information content (AvgIpc) is 1.95. The molecule has 0 saturated heterocycles. The third-order valence-corrected chi connectivity index (χ3v) is 2.33. The van der Waals surface area contributed by atoms with Crippen molar-refractivity contribution in [3.63, 3.8) is 0 Å². The number of nitrogens with one attached hydrogen (secondary N) is 1. The molecular formula is C6H15N3O3S. The van der Waals surface area contributed by atoms with Gasteiger partial charge in [-0.2, -0.15) is 0 Å². The van der Waals surface area contributed by atoms with E-state index in [4.69, 9.17) is 11.5 Å². The van der Waals surface area contributed by atoms with E-state index in [2.05, 4.69) is 5.32 Å². The molecule has 1 amide bonds. The van der Waals surface area contributed by atoms with Crippen molar-refractivity contribution in [3.8, 4) is 0 Å². The number of hydrogen-bond acceptors (Lipinski definition) is 5. The molecule has 0 spiro atoms. The molecule has 5 N–H and O–H groups in total. The van der Waals surface area contributed by atoms with Crippen molar-refractivity contribution in [1.82, 2.24) is 5.32 Å². The van der Waals surface area contributed by atoms with Gasteiger partial charge in [0.2, 0.25) is 5.91 Å². The second kappa shape index (κ2) is 5.15. The first-order valence-corrected chi connectivity index (χ1v) is 5.82. The van der Waals surface area contributed by atoms with Crippen LogP contribution in [0.25, 0.3) is 0 Å². The summed E-state index contributed by atoms with van der Waals surface area (Å²) in [5.74, 6) is -0.578. The SMILES string of the molecule is CS(=O)(=O)CCNCC(N)C(N)=O. The molecular weight excluding hydrogens is 194 g/mol. The maximum atomic E-state index is 10.6. The van der Waals surface area contributed by atoms with Crippen molar-refractivity contribution in [2.75, 3.05) is 25.1 Å². The Hall–Kier alpha value is -0.660. The van der Waals surface area contributed by atoms with Crippen LogP contribution in [0.15, 0.2) is 0 Å². The third-order valence-electron chi connectivity index (χ3n) is 1.38. The van der Waals surface area contributed by atoms with Crippen molar-refractivity contribution in [3.05, 3.63) is 0 Å². The van der Waals surface area contributed by atoms with Gasteiger partial charge >= 0.3 is 0 Å². The minimum atomic E-state index is -2.96. The van der Waals surface area contributed by atoms with Gasteiger partial charge in [-0.25, -0.2) is 8.42 Å². The zero-order chi connectivity index (χ0) is 10.5. The van der Waals surface area contributed by atoms with Crippen molar-refractivity contribution >= 4 is 15.7 Å². The number of primary amides is 1. The van der Waals surface area contributed by atoms with E-state index < -0.39 is 21.8 Å². The van der Waals surface area contributed by atoms with Crippen LogP contribution < -0.4 is 16.8 Å². The molecule has 0 aromatic rings. The molecule has 0 rings (SSSR count). The Kier molecular flexibility index (Phi) is 4.89. The van der Waals surface area contributed by atoms with E-state index in [9.17, 15) is 13.2 Å². The van der Waals surface area contributed by atoms with E-state index in [1.165, 1.54) is 0 Å². The Bertz CT molecular complexity index is 262. The smallest absolute Gasteiger partial charge is 0.235 e. The van der Waals surface area contributed by atoms with E-state index in [0.717, 1.165) is 6.26 Å². The lowest BCUT2D eigenvalue weighted by Gasteiger charge is -2.07. The first-order chi connectivity index (χ1) is 5.83. The highest BCUT2D eigenvalue weighted by molar-refractivity contribution is 7.90. The van der Waals surface area contributed by atoms with Gasteiger partial charge in [-0.15, -0.1) is 0 Å². The van der Waals surface area contributed by atoms with E-state index in [1.54, 1.807) is 0 Å². The second-order valence-corrected chi connectivity index (χ2v) is 5.10. The number of carbonyl (C=O) groups is 1. The molecule has 0 heterocycles. The van der Waals surface area contributed by atoms with Crippen LogP contribution in [0.3, 0.4) is 0 Å². The fourth-order valence-electron chi connectivity index (χ4n) is 0.616. The highest BCUT2D eigenvalue weighted by Crippen LogP contribution is 1.80. The van der Waals surface area contributed by atoms with Gasteiger partial charge in [-0.05, 0) is 0 Å². The quantitative estimate of drug-likeness (QED) is 0.416. The van der Waals surface area contributed by atoms with Crippen molar-refractivity contribution in [1.29, 1.82) is 0 Å². The van der Waals surface area contributed by atoms with Crippen LogP contribution in [0.5, 0.6) is 0 Å². The summed E-state index contributed by atoms with van der Waals surface area (Å²) >= 11 is 0. The minimum absolute atomic E-state index is 0.0263. The molecule has 0 aliphatic rings. The summed E-state index contributed by atoms with van der Waals surface area (Å²) in [6, 6.07) is -0.764. The summed E-state index contributed by atoms with van der Waals surface area (Å²) in [5, 5.41) is 2.72. The highest BCUT2D eigenvalue weighted by atomic mass is 32.2. The van der Waals surface area contributed by atoms with Crippen LogP contribution in [-0.2, 0) is 14.6 Å². The van der Waals surface area contributed by atoms with Crippen molar-refractivity contribution in [2.45, 2.75) is 6.04 Å². The second-order valence-electron chi connectivity index (χ2n) is 2.84. The van der Waals surface area contributed by atoms with E-state index >= 15 is 0 Å². The van der Waals surface area contributed by atoms with Crippen LogP contribution in [-0.4, -0.2) is 45.5 Å². The molecule has 0 bridgehead atoms. The van der Waals surface area contributed by atoms with Gasteiger partial charge in [-0.1, -0.05) is 0 Å². The van der Waals surface area contributed by atoms with Gasteiger partial charge in [0.15, 0.2) is 0 Å². The third kappa shape index (κ3) is 7.69.